The first-order valence-electron chi connectivity index (χ1n) is 14.9. The van der Waals surface area contributed by atoms with Crippen molar-refractivity contribution >= 4 is 34.1 Å². The lowest BCUT2D eigenvalue weighted by molar-refractivity contribution is -0.114. The molecule has 11 nitrogen and oxygen atoms in total. The molecular weight excluding hydrogens is 572 g/mol. The Kier molecular flexibility index (Phi) is 11.4. The lowest BCUT2D eigenvalue weighted by atomic mass is 10.1. The van der Waals surface area contributed by atoms with Gasteiger partial charge < -0.3 is 29.5 Å². The van der Waals surface area contributed by atoms with E-state index in [1.54, 1.807) is 28.1 Å². The Bertz CT molecular complexity index is 1600. The second-order valence-corrected chi connectivity index (χ2v) is 11.5. The highest BCUT2D eigenvalue weighted by atomic mass is 16.5. The van der Waals surface area contributed by atoms with Gasteiger partial charge in [0.2, 0.25) is 11.5 Å². The number of carbonyl (C=O) groups excluding carboxylic acids is 1. The summed E-state index contributed by atoms with van der Waals surface area (Å²) < 4.78 is 16.1. The van der Waals surface area contributed by atoms with Crippen LogP contribution in [0.25, 0.3) is 10.9 Å². The predicted molar refractivity (Wildman–Crippen MR) is 175 cm³/mol. The van der Waals surface area contributed by atoms with E-state index in [0.717, 1.165) is 29.5 Å². The summed E-state index contributed by atoms with van der Waals surface area (Å²) in [6.45, 7) is 8.20. The number of ether oxygens (including phenoxy) is 3. The fraction of sp³-hybridized carbons (Fsp3) is 0.412. The van der Waals surface area contributed by atoms with Crippen LogP contribution in [-0.4, -0.2) is 77.2 Å². The minimum atomic E-state index is -0.937. The molecule has 0 bridgehead atoms. The van der Waals surface area contributed by atoms with Gasteiger partial charge in [0.05, 0.1) is 38.6 Å². The van der Waals surface area contributed by atoms with Crippen LogP contribution in [0.15, 0.2) is 48.5 Å². The maximum absolute atomic E-state index is 10.3. The van der Waals surface area contributed by atoms with E-state index in [2.05, 4.69) is 38.2 Å². The SMILES string of the molecule is C#CC(=O)C1CC1.COc1c(Nc2n[nH]c3ccccc23)nc(CC(C)(C)O)nc1N1CCOCC1.COc1ccc(C)cc1. The molecule has 2 aromatic heterocycles. The van der Waals surface area contributed by atoms with E-state index in [1.807, 2.05) is 48.5 Å². The molecule has 11 heteroatoms. The Labute approximate surface area is 264 Å². The van der Waals surface area contributed by atoms with Crippen LogP contribution in [0.2, 0.25) is 0 Å². The van der Waals surface area contributed by atoms with Crippen LogP contribution in [0, 0.1) is 25.2 Å². The van der Waals surface area contributed by atoms with Crippen molar-refractivity contribution in [1.82, 2.24) is 20.2 Å². The Morgan fingerprint density at radius 3 is 2.36 bits per heavy atom. The molecule has 0 amide bonds. The van der Waals surface area contributed by atoms with Crippen LogP contribution >= 0.6 is 0 Å². The first kappa shape index (κ1) is 33.2. The number of benzene rings is 2. The van der Waals surface area contributed by atoms with E-state index in [1.165, 1.54) is 5.56 Å². The Hall–Kier alpha value is -4.66. The number of aliphatic hydroxyl groups is 1. The number of carbonyl (C=O) groups is 1. The third-order valence-corrected chi connectivity index (χ3v) is 7.05. The van der Waals surface area contributed by atoms with Crippen LogP contribution in [-0.2, 0) is 16.0 Å². The summed E-state index contributed by atoms with van der Waals surface area (Å²) in [7, 11) is 3.27. The highest BCUT2D eigenvalue weighted by Gasteiger charge is 2.28. The molecule has 1 saturated carbocycles. The number of anilines is 3. The number of aryl methyl sites for hydroxylation is 1. The van der Waals surface area contributed by atoms with Gasteiger partial charge in [0.25, 0.3) is 0 Å². The predicted octanol–water partition coefficient (Wildman–Crippen LogP) is 4.86. The van der Waals surface area contributed by atoms with Gasteiger partial charge in [-0.05, 0) is 63.8 Å². The lowest BCUT2D eigenvalue weighted by Gasteiger charge is -2.30. The van der Waals surface area contributed by atoms with E-state index in [-0.39, 0.29) is 11.7 Å². The quantitative estimate of drug-likeness (QED) is 0.187. The average Bonchev–Trinajstić information content (AvgIpc) is 3.82. The molecule has 238 valence electrons. The second-order valence-electron chi connectivity index (χ2n) is 11.5. The number of para-hydroxylation sites is 1. The fourth-order valence-corrected chi connectivity index (χ4v) is 4.52. The van der Waals surface area contributed by atoms with E-state index in [4.69, 9.17) is 25.6 Å². The number of nitrogens with one attached hydrogen (secondary N) is 2. The molecule has 4 aromatic rings. The molecule has 2 aliphatic rings. The Morgan fingerprint density at radius 2 is 1.78 bits per heavy atom. The average molecular weight is 615 g/mol. The second kappa shape index (κ2) is 15.4. The van der Waals surface area contributed by atoms with E-state index in [0.29, 0.717) is 61.8 Å². The van der Waals surface area contributed by atoms with Crippen LogP contribution in [0.4, 0.5) is 17.5 Å². The number of fused-ring (bicyclic) bond motifs is 1. The number of H-pyrrole nitrogens is 1. The zero-order valence-corrected chi connectivity index (χ0v) is 26.6. The monoisotopic (exact) mass is 614 g/mol. The zero-order chi connectivity index (χ0) is 32.4. The van der Waals surface area contributed by atoms with Gasteiger partial charge in [-0.3, -0.25) is 9.89 Å². The van der Waals surface area contributed by atoms with Gasteiger partial charge in [0.1, 0.15) is 11.6 Å². The smallest absolute Gasteiger partial charge is 0.208 e. The molecule has 2 fully saturated rings. The van der Waals surface area contributed by atoms with Crippen LogP contribution in [0.5, 0.6) is 11.5 Å². The normalized spacial score (nSPS) is 14.3. The molecule has 1 saturated heterocycles. The molecule has 0 unspecified atom stereocenters. The molecule has 3 heterocycles. The maximum atomic E-state index is 10.3. The van der Waals surface area contributed by atoms with E-state index < -0.39 is 5.60 Å². The van der Waals surface area contributed by atoms with Crippen LogP contribution in [0.1, 0.15) is 38.1 Å². The summed E-state index contributed by atoms with van der Waals surface area (Å²) in [6.07, 6.45) is 7.16. The van der Waals surface area contributed by atoms with Crippen molar-refractivity contribution in [3.63, 3.8) is 0 Å². The number of morpholine rings is 1. The van der Waals surface area contributed by atoms with Gasteiger partial charge >= 0.3 is 0 Å². The van der Waals surface area contributed by atoms with Crippen molar-refractivity contribution in [3.8, 4) is 23.8 Å². The number of ketones is 1. The van der Waals surface area contributed by atoms with Crippen molar-refractivity contribution in [3.05, 3.63) is 59.9 Å². The molecule has 0 spiro atoms. The first-order valence-corrected chi connectivity index (χ1v) is 14.9. The van der Waals surface area contributed by atoms with E-state index in [9.17, 15) is 9.90 Å². The first-order chi connectivity index (χ1) is 21.6. The fourth-order valence-electron chi connectivity index (χ4n) is 4.52. The molecule has 6 rings (SSSR count). The van der Waals surface area contributed by atoms with Gasteiger partial charge in [-0.1, -0.05) is 29.8 Å². The van der Waals surface area contributed by atoms with Crippen molar-refractivity contribution in [2.45, 2.75) is 45.6 Å². The summed E-state index contributed by atoms with van der Waals surface area (Å²) >= 11 is 0. The topological polar surface area (TPSA) is 135 Å². The number of aromatic nitrogens is 4. The molecule has 1 aliphatic heterocycles. The highest BCUT2D eigenvalue weighted by Crippen LogP contribution is 2.36. The number of terminal acetylenes is 1. The minimum absolute atomic E-state index is 0.0139. The summed E-state index contributed by atoms with van der Waals surface area (Å²) in [4.78, 5) is 21.8. The van der Waals surface area contributed by atoms with Gasteiger partial charge in [-0.25, -0.2) is 9.97 Å². The Morgan fingerprint density at radius 1 is 1.09 bits per heavy atom. The number of nitrogens with zero attached hydrogens (tertiary/aromatic N) is 4. The van der Waals surface area contributed by atoms with Crippen LogP contribution in [0.3, 0.4) is 0 Å². The number of rotatable bonds is 8. The third-order valence-electron chi connectivity index (χ3n) is 7.05. The molecule has 0 radical (unpaired) electrons. The van der Waals surface area contributed by atoms with Crippen molar-refractivity contribution in [2.24, 2.45) is 5.92 Å². The van der Waals surface area contributed by atoms with Gasteiger partial charge in [0, 0.05) is 30.8 Å². The number of hydrogen-bond acceptors (Lipinski definition) is 10. The van der Waals surface area contributed by atoms with E-state index >= 15 is 0 Å². The van der Waals surface area contributed by atoms with Gasteiger partial charge in [-0.2, -0.15) is 5.10 Å². The number of Topliss-reactive ketones (excluding diaryl/α,β-unsaturated/α-hetero) is 1. The lowest BCUT2D eigenvalue weighted by Crippen LogP contribution is -2.37. The Balaban J connectivity index is 0.000000234. The third kappa shape index (κ3) is 9.66. The summed E-state index contributed by atoms with van der Waals surface area (Å²) in [6, 6.07) is 15.8. The standard InChI is InChI=1S/C20H26N6O3.C8H10O.C6H6O/c1-20(2,27)12-15-21-18(23-17-13-6-4-5-7-14(13)24-25-17)16(28-3)19(22-15)26-8-10-29-11-9-26;1-7-3-5-8(9-2)6-4-7;1-2-6(7)5-3-4-5/h4-7,27H,8-12H2,1-3H3,(H2,21,22,23,24,25);3-6H,1-2H3;1,5H,3-4H2. The van der Waals surface area contributed by atoms with Crippen LogP contribution < -0.4 is 19.7 Å². The molecule has 2 aromatic carbocycles. The maximum Gasteiger partial charge on any atom is 0.208 e. The largest absolute Gasteiger partial charge is 0.497 e. The zero-order valence-electron chi connectivity index (χ0n) is 26.6. The number of methoxy groups -OCH3 is 2. The van der Waals surface area contributed by atoms with Crippen molar-refractivity contribution in [1.29, 1.82) is 0 Å². The van der Waals surface area contributed by atoms with Crippen molar-refractivity contribution in [2.75, 3.05) is 50.7 Å². The number of aromatic amines is 1. The minimum Gasteiger partial charge on any atom is -0.497 e. The molecule has 45 heavy (non-hydrogen) atoms. The molecule has 3 N–H and O–H groups in total. The van der Waals surface area contributed by atoms with Gasteiger partial charge in [0.15, 0.2) is 17.5 Å². The van der Waals surface area contributed by atoms with Gasteiger partial charge in [-0.15, -0.1) is 6.42 Å². The van der Waals surface area contributed by atoms with Crippen molar-refractivity contribution < 1.29 is 24.1 Å². The highest BCUT2D eigenvalue weighted by molar-refractivity contribution is 5.98. The summed E-state index contributed by atoms with van der Waals surface area (Å²) in [5.74, 6) is 6.16. The summed E-state index contributed by atoms with van der Waals surface area (Å²) in [5, 5.41) is 21.9. The molecule has 1 aliphatic carbocycles. The number of hydrogen-bond donors (Lipinski definition) is 3. The molecular formula is C34H42N6O5. The summed E-state index contributed by atoms with van der Waals surface area (Å²) in [5.41, 5.74) is 1.25. The molecule has 0 atom stereocenters.